The lowest BCUT2D eigenvalue weighted by Crippen LogP contribution is -2.11. The van der Waals surface area contributed by atoms with E-state index in [0.29, 0.717) is 16.8 Å². The molecule has 0 saturated heterocycles. The molecule has 0 amide bonds. The van der Waals surface area contributed by atoms with Gasteiger partial charge in [-0.3, -0.25) is 0 Å². The molecular formula is C11H13BrO5. The van der Waals surface area contributed by atoms with Crippen molar-refractivity contribution in [1.29, 1.82) is 0 Å². The third kappa shape index (κ3) is 4.72. The summed E-state index contributed by atoms with van der Waals surface area (Å²) in [5.41, 5.74) is 0.0986. The van der Waals surface area contributed by atoms with Crippen molar-refractivity contribution < 1.29 is 24.5 Å². The van der Waals surface area contributed by atoms with Gasteiger partial charge in [-0.05, 0) is 18.2 Å². The lowest BCUT2D eigenvalue weighted by Gasteiger charge is -2.09. The van der Waals surface area contributed by atoms with Gasteiger partial charge >= 0.3 is 5.97 Å². The summed E-state index contributed by atoms with van der Waals surface area (Å²) in [6, 6.07) is 4.77. The summed E-state index contributed by atoms with van der Waals surface area (Å²) in [6.45, 7) is 0.742. The second-order valence-electron chi connectivity index (χ2n) is 3.13. The molecule has 0 spiro atoms. The van der Waals surface area contributed by atoms with Crippen LogP contribution in [0.25, 0.3) is 0 Å². The predicted octanol–water partition coefficient (Wildman–Crippen LogP) is 1.53. The van der Waals surface area contributed by atoms with Crippen LogP contribution in [0.5, 0.6) is 5.75 Å². The van der Waals surface area contributed by atoms with Gasteiger partial charge in [0.2, 0.25) is 0 Å². The van der Waals surface area contributed by atoms with Gasteiger partial charge in [-0.1, -0.05) is 15.9 Å². The highest BCUT2D eigenvalue weighted by molar-refractivity contribution is 9.10. The molecule has 94 valence electrons. The van der Waals surface area contributed by atoms with Gasteiger partial charge < -0.3 is 19.7 Å². The first-order valence-electron chi connectivity index (χ1n) is 4.99. The first kappa shape index (κ1) is 14.0. The number of carboxylic acid groups (broad SMARTS) is 1. The first-order chi connectivity index (χ1) is 8.15. The Morgan fingerprint density at radius 3 is 2.71 bits per heavy atom. The number of benzene rings is 1. The largest absolute Gasteiger partial charge is 0.490 e. The summed E-state index contributed by atoms with van der Waals surface area (Å²) in [7, 11) is 0. The summed E-state index contributed by atoms with van der Waals surface area (Å²) in [4.78, 5) is 10.9. The van der Waals surface area contributed by atoms with E-state index in [2.05, 4.69) is 15.9 Å². The Kier molecular flexibility index (Phi) is 5.96. The molecule has 1 aromatic carbocycles. The number of aliphatic hydroxyl groups is 1. The zero-order valence-electron chi connectivity index (χ0n) is 9.06. The van der Waals surface area contributed by atoms with Gasteiger partial charge in [-0.15, -0.1) is 0 Å². The molecule has 5 nitrogen and oxygen atoms in total. The molecule has 0 saturated carbocycles. The van der Waals surface area contributed by atoms with Gasteiger partial charge in [0, 0.05) is 4.47 Å². The van der Waals surface area contributed by atoms with E-state index in [-0.39, 0.29) is 25.4 Å². The molecule has 0 aliphatic heterocycles. The fraction of sp³-hybridized carbons (Fsp3) is 0.364. The number of aromatic carboxylic acids is 1. The summed E-state index contributed by atoms with van der Waals surface area (Å²) in [5, 5.41) is 17.4. The quantitative estimate of drug-likeness (QED) is 0.747. The van der Waals surface area contributed by atoms with Crippen LogP contribution >= 0.6 is 15.9 Å². The number of ether oxygens (including phenoxy) is 2. The molecule has 2 N–H and O–H groups in total. The fourth-order valence-electron chi connectivity index (χ4n) is 1.17. The lowest BCUT2D eigenvalue weighted by atomic mass is 10.2. The number of carboxylic acids is 1. The molecule has 0 heterocycles. The molecule has 0 radical (unpaired) electrons. The Balaban J connectivity index is 2.55. The maximum Gasteiger partial charge on any atom is 0.339 e. The number of hydrogen-bond acceptors (Lipinski definition) is 4. The van der Waals surface area contributed by atoms with Gasteiger partial charge in [-0.25, -0.2) is 4.79 Å². The Hall–Kier alpha value is -1.11. The number of rotatable bonds is 7. The van der Waals surface area contributed by atoms with E-state index < -0.39 is 5.97 Å². The van der Waals surface area contributed by atoms with Crippen LogP contribution in [0.3, 0.4) is 0 Å². The maximum absolute atomic E-state index is 10.9. The predicted molar refractivity (Wildman–Crippen MR) is 64.5 cm³/mol. The molecule has 6 heteroatoms. The lowest BCUT2D eigenvalue weighted by molar-refractivity contribution is 0.0656. The van der Waals surface area contributed by atoms with E-state index >= 15 is 0 Å². The normalized spacial score (nSPS) is 10.2. The molecule has 0 aliphatic carbocycles. The van der Waals surface area contributed by atoms with Gasteiger partial charge in [0.1, 0.15) is 17.9 Å². The molecule has 0 aliphatic rings. The van der Waals surface area contributed by atoms with Crippen LogP contribution in [0.4, 0.5) is 0 Å². The second kappa shape index (κ2) is 7.26. The van der Waals surface area contributed by atoms with E-state index in [1.165, 1.54) is 6.07 Å². The highest BCUT2D eigenvalue weighted by atomic mass is 79.9. The van der Waals surface area contributed by atoms with Crippen LogP contribution < -0.4 is 4.74 Å². The summed E-state index contributed by atoms with van der Waals surface area (Å²) in [6.07, 6.45) is 0. The molecule has 1 aromatic rings. The second-order valence-corrected chi connectivity index (χ2v) is 4.05. The monoisotopic (exact) mass is 304 g/mol. The molecule has 17 heavy (non-hydrogen) atoms. The average Bonchev–Trinajstić information content (AvgIpc) is 2.30. The van der Waals surface area contributed by atoms with Crippen molar-refractivity contribution >= 4 is 21.9 Å². The standard InChI is InChI=1S/C11H13BrO5/c12-8-1-2-10(9(7-8)11(14)15)17-6-5-16-4-3-13/h1-2,7,13H,3-6H2,(H,14,15). The third-order valence-electron chi connectivity index (χ3n) is 1.89. The topological polar surface area (TPSA) is 76.0 Å². The Bertz CT molecular complexity index is 380. The summed E-state index contributed by atoms with van der Waals surface area (Å²) >= 11 is 3.20. The van der Waals surface area contributed by atoms with Crippen LogP contribution in [-0.2, 0) is 4.74 Å². The Labute approximate surface area is 107 Å². The zero-order chi connectivity index (χ0) is 12.7. The minimum atomic E-state index is -1.04. The molecule has 0 atom stereocenters. The first-order valence-corrected chi connectivity index (χ1v) is 5.78. The average molecular weight is 305 g/mol. The number of hydrogen-bond donors (Lipinski definition) is 2. The van der Waals surface area contributed by atoms with Crippen molar-refractivity contribution in [3.05, 3.63) is 28.2 Å². The SMILES string of the molecule is O=C(O)c1cc(Br)ccc1OCCOCCO. The van der Waals surface area contributed by atoms with Crippen molar-refractivity contribution in [2.45, 2.75) is 0 Å². The minimum Gasteiger partial charge on any atom is -0.490 e. The highest BCUT2D eigenvalue weighted by Crippen LogP contribution is 2.23. The van der Waals surface area contributed by atoms with Crippen LogP contribution in [0.15, 0.2) is 22.7 Å². The van der Waals surface area contributed by atoms with Crippen molar-refractivity contribution in [2.75, 3.05) is 26.4 Å². The van der Waals surface area contributed by atoms with Crippen LogP contribution in [-0.4, -0.2) is 42.6 Å². The highest BCUT2D eigenvalue weighted by Gasteiger charge is 2.11. The maximum atomic E-state index is 10.9. The minimum absolute atomic E-state index is 0.0430. The van der Waals surface area contributed by atoms with Crippen molar-refractivity contribution in [3.8, 4) is 5.75 Å². The van der Waals surface area contributed by atoms with Crippen molar-refractivity contribution in [1.82, 2.24) is 0 Å². The molecule has 0 bridgehead atoms. The van der Waals surface area contributed by atoms with Gasteiger partial charge in [0.15, 0.2) is 0 Å². The molecule has 0 fully saturated rings. The number of carbonyl (C=O) groups is 1. The van der Waals surface area contributed by atoms with E-state index in [1.807, 2.05) is 0 Å². The molecule has 0 unspecified atom stereocenters. The number of halogens is 1. The van der Waals surface area contributed by atoms with Crippen LogP contribution in [0.1, 0.15) is 10.4 Å². The van der Waals surface area contributed by atoms with E-state index in [4.69, 9.17) is 19.7 Å². The Morgan fingerprint density at radius 2 is 2.06 bits per heavy atom. The zero-order valence-corrected chi connectivity index (χ0v) is 10.6. The van der Waals surface area contributed by atoms with Crippen molar-refractivity contribution in [3.63, 3.8) is 0 Å². The van der Waals surface area contributed by atoms with Gasteiger partial charge in [-0.2, -0.15) is 0 Å². The van der Waals surface area contributed by atoms with E-state index in [0.717, 1.165) is 0 Å². The third-order valence-corrected chi connectivity index (χ3v) is 2.39. The Morgan fingerprint density at radius 1 is 1.29 bits per heavy atom. The van der Waals surface area contributed by atoms with E-state index in [1.54, 1.807) is 12.1 Å². The molecular weight excluding hydrogens is 292 g/mol. The van der Waals surface area contributed by atoms with Crippen LogP contribution in [0, 0.1) is 0 Å². The van der Waals surface area contributed by atoms with Gasteiger partial charge in [0.05, 0.1) is 19.8 Å². The molecule has 1 rings (SSSR count). The molecule has 0 aromatic heterocycles. The van der Waals surface area contributed by atoms with Gasteiger partial charge in [0.25, 0.3) is 0 Å². The number of aliphatic hydroxyl groups excluding tert-OH is 1. The summed E-state index contributed by atoms with van der Waals surface area (Å²) < 4.78 is 11.0. The fourth-order valence-corrected chi connectivity index (χ4v) is 1.53. The van der Waals surface area contributed by atoms with Crippen molar-refractivity contribution in [2.24, 2.45) is 0 Å². The van der Waals surface area contributed by atoms with Crippen LogP contribution in [0.2, 0.25) is 0 Å². The summed E-state index contributed by atoms with van der Waals surface area (Å²) in [5.74, 6) is -0.745. The smallest absolute Gasteiger partial charge is 0.339 e. The van der Waals surface area contributed by atoms with E-state index in [9.17, 15) is 4.79 Å².